The molecule has 0 fully saturated rings. The van der Waals surface area contributed by atoms with Crippen molar-refractivity contribution in [3.63, 3.8) is 0 Å². The van der Waals surface area contributed by atoms with Crippen molar-refractivity contribution in [1.82, 2.24) is 0 Å². The molecule has 0 radical (unpaired) electrons. The van der Waals surface area contributed by atoms with Crippen molar-refractivity contribution in [3.8, 4) is 0 Å². The topological polar surface area (TPSA) is 40.5 Å². The van der Waals surface area contributed by atoms with Gasteiger partial charge >= 0.3 is 0 Å². The standard InChI is InChI=1S/C5H10F2O2/c6-5(7)1-4(2-8)3-9/h4-5,8-9H,1-3H2. The van der Waals surface area contributed by atoms with E-state index in [1.54, 1.807) is 0 Å². The van der Waals surface area contributed by atoms with E-state index in [0.29, 0.717) is 0 Å². The van der Waals surface area contributed by atoms with Gasteiger partial charge in [-0.2, -0.15) is 0 Å². The molecule has 0 amide bonds. The van der Waals surface area contributed by atoms with Gasteiger partial charge in [-0.05, 0) is 0 Å². The van der Waals surface area contributed by atoms with Crippen molar-refractivity contribution in [3.05, 3.63) is 0 Å². The lowest BCUT2D eigenvalue weighted by molar-refractivity contribution is 0.0658. The largest absolute Gasteiger partial charge is 0.396 e. The van der Waals surface area contributed by atoms with Gasteiger partial charge in [0.25, 0.3) is 0 Å². The summed E-state index contributed by atoms with van der Waals surface area (Å²) in [5.74, 6) is -0.662. The Hall–Kier alpha value is -0.220. The highest BCUT2D eigenvalue weighted by Gasteiger charge is 2.12. The Kier molecular flexibility index (Phi) is 4.53. The summed E-state index contributed by atoms with van der Waals surface area (Å²) in [6, 6.07) is 0. The van der Waals surface area contributed by atoms with Crippen LogP contribution in [0.15, 0.2) is 0 Å². The number of hydrogen-bond acceptors (Lipinski definition) is 2. The first-order valence-corrected chi connectivity index (χ1v) is 2.70. The van der Waals surface area contributed by atoms with E-state index in [-0.39, 0.29) is 13.2 Å². The van der Waals surface area contributed by atoms with Gasteiger partial charge < -0.3 is 10.2 Å². The fourth-order valence-corrected chi connectivity index (χ4v) is 0.459. The molecule has 0 saturated heterocycles. The third kappa shape index (κ3) is 4.29. The second-order valence-corrected chi connectivity index (χ2v) is 1.86. The summed E-state index contributed by atoms with van der Waals surface area (Å²) in [7, 11) is 0. The summed E-state index contributed by atoms with van der Waals surface area (Å²) in [5, 5.41) is 16.6. The number of aliphatic hydroxyl groups is 2. The van der Waals surface area contributed by atoms with E-state index in [1.165, 1.54) is 0 Å². The molecule has 56 valence electrons. The Morgan fingerprint density at radius 3 is 1.67 bits per heavy atom. The van der Waals surface area contributed by atoms with Crippen LogP contribution in [-0.4, -0.2) is 29.9 Å². The Balaban J connectivity index is 3.31. The van der Waals surface area contributed by atoms with Crippen LogP contribution in [0.3, 0.4) is 0 Å². The average Bonchev–Trinajstić information content (AvgIpc) is 1.82. The van der Waals surface area contributed by atoms with Crippen LogP contribution in [0.25, 0.3) is 0 Å². The van der Waals surface area contributed by atoms with Crippen molar-refractivity contribution in [2.75, 3.05) is 13.2 Å². The van der Waals surface area contributed by atoms with Crippen LogP contribution in [0.1, 0.15) is 6.42 Å². The van der Waals surface area contributed by atoms with Crippen molar-refractivity contribution in [2.45, 2.75) is 12.8 Å². The number of rotatable bonds is 4. The minimum absolute atomic E-state index is 0.374. The molecule has 0 aromatic carbocycles. The Bertz CT molecular complexity index is 64.0. The fourth-order valence-electron chi connectivity index (χ4n) is 0.459. The molecule has 0 aromatic heterocycles. The lowest BCUT2D eigenvalue weighted by atomic mass is 10.1. The van der Waals surface area contributed by atoms with Gasteiger partial charge in [0.05, 0.1) is 0 Å². The first kappa shape index (κ1) is 8.78. The molecule has 0 rings (SSSR count). The second kappa shape index (κ2) is 4.64. The highest BCUT2D eigenvalue weighted by Crippen LogP contribution is 2.08. The fraction of sp³-hybridized carbons (Fsp3) is 1.00. The third-order valence-electron chi connectivity index (χ3n) is 1.03. The molecule has 9 heavy (non-hydrogen) atoms. The Morgan fingerprint density at radius 2 is 1.56 bits per heavy atom. The van der Waals surface area contributed by atoms with Gasteiger partial charge in [-0.3, -0.25) is 0 Å². The van der Waals surface area contributed by atoms with Crippen LogP contribution in [0.2, 0.25) is 0 Å². The molecule has 0 bridgehead atoms. The molecule has 0 aliphatic rings. The summed E-state index contributed by atoms with van der Waals surface area (Å²) in [4.78, 5) is 0. The molecule has 2 nitrogen and oxygen atoms in total. The Morgan fingerprint density at radius 1 is 1.11 bits per heavy atom. The van der Waals surface area contributed by atoms with E-state index in [0.717, 1.165) is 0 Å². The van der Waals surface area contributed by atoms with Crippen molar-refractivity contribution in [2.24, 2.45) is 5.92 Å². The second-order valence-electron chi connectivity index (χ2n) is 1.86. The van der Waals surface area contributed by atoms with Gasteiger partial charge in [-0.15, -0.1) is 0 Å². The van der Waals surface area contributed by atoms with E-state index in [9.17, 15) is 8.78 Å². The zero-order valence-corrected chi connectivity index (χ0v) is 4.93. The normalized spacial score (nSPS) is 11.3. The molecular weight excluding hydrogens is 130 g/mol. The quantitative estimate of drug-likeness (QED) is 0.587. The van der Waals surface area contributed by atoms with E-state index >= 15 is 0 Å². The molecule has 0 spiro atoms. The van der Waals surface area contributed by atoms with Gasteiger partial charge in [-0.1, -0.05) is 0 Å². The summed E-state index contributed by atoms with van der Waals surface area (Å²) in [6.45, 7) is -0.748. The van der Waals surface area contributed by atoms with Crippen molar-refractivity contribution >= 4 is 0 Å². The molecule has 0 atom stereocenters. The van der Waals surface area contributed by atoms with Crippen LogP contribution >= 0.6 is 0 Å². The lowest BCUT2D eigenvalue weighted by Gasteiger charge is -2.07. The van der Waals surface area contributed by atoms with Gasteiger partial charge in [0.2, 0.25) is 6.43 Å². The first-order valence-electron chi connectivity index (χ1n) is 2.70. The zero-order chi connectivity index (χ0) is 7.28. The molecule has 4 heteroatoms. The van der Waals surface area contributed by atoms with Crippen LogP contribution < -0.4 is 0 Å². The minimum atomic E-state index is -2.44. The smallest absolute Gasteiger partial charge is 0.239 e. The number of alkyl halides is 2. The molecule has 0 aliphatic heterocycles. The van der Waals surface area contributed by atoms with Crippen LogP contribution in [0.4, 0.5) is 8.78 Å². The van der Waals surface area contributed by atoms with E-state index in [4.69, 9.17) is 10.2 Å². The third-order valence-corrected chi connectivity index (χ3v) is 1.03. The Labute approximate surface area is 52.1 Å². The molecule has 0 unspecified atom stereocenters. The molecule has 0 heterocycles. The maximum Gasteiger partial charge on any atom is 0.239 e. The molecule has 0 aliphatic carbocycles. The maximum absolute atomic E-state index is 11.4. The van der Waals surface area contributed by atoms with Crippen LogP contribution in [0, 0.1) is 5.92 Å². The predicted octanol–water partition coefficient (Wildman–Crippen LogP) is 0.242. The van der Waals surface area contributed by atoms with Gasteiger partial charge in [-0.25, -0.2) is 8.78 Å². The van der Waals surface area contributed by atoms with E-state index in [1.807, 2.05) is 0 Å². The maximum atomic E-state index is 11.4. The highest BCUT2D eigenvalue weighted by atomic mass is 19.3. The van der Waals surface area contributed by atoms with Crippen LogP contribution in [0.5, 0.6) is 0 Å². The summed E-state index contributed by atoms with van der Waals surface area (Å²) in [6.07, 6.45) is -2.86. The predicted molar refractivity (Wildman–Crippen MR) is 28.3 cm³/mol. The van der Waals surface area contributed by atoms with Gasteiger partial charge in [0, 0.05) is 25.6 Å². The summed E-state index contributed by atoms with van der Waals surface area (Å²) < 4.78 is 22.9. The van der Waals surface area contributed by atoms with Crippen molar-refractivity contribution in [1.29, 1.82) is 0 Å². The highest BCUT2D eigenvalue weighted by molar-refractivity contribution is 4.55. The molecule has 0 aromatic rings. The minimum Gasteiger partial charge on any atom is -0.396 e. The number of aliphatic hydroxyl groups excluding tert-OH is 2. The van der Waals surface area contributed by atoms with Crippen molar-refractivity contribution < 1.29 is 19.0 Å². The van der Waals surface area contributed by atoms with Gasteiger partial charge in [0.1, 0.15) is 0 Å². The number of hydrogen-bond donors (Lipinski definition) is 2. The molecule has 2 N–H and O–H groups in total. The van der Waals surface area contributed by atoms with E-state index in [2.05, 4.69) is 0 Å². The van der Waals surface area contributed by atoms with Gasteiger partial charge in [0.15, 0.2) is 0 Å². The summed E-state index contributed by atoms with van der Waals surface area (Å²) >= 11 is 0. The van der Waals surface area contributed by atoms with Crippen LogP contribution in [-0.2, 0) is 0 Å². The molecular formula is C5H10F2O2. The first-order chi connectivity index (χ1) is 4.20. The molecule has 0 saturated carbocycles. The van der Waals surface area contributed by atoms with E-state index < -0.39 is 18.8 Å². The number of halogens is 2. The summed E-state index contributed by atoms with van der Waals surface area (Å²) in [5.41, 5.74) is 0. The SMILES string of the molecule is OCC(CO)CC(F)F. The average molecular weight is 140 g/mol. The monoisotopic (exact) mass is 140 g/mol. The lowest BCUT2D eigenvalue weighted by Crippen LogP contribution is -2.14. The zero-order valence-electron chi connectivity index (χ0n) is 4.93.